The van der Waals surface area contributed by atoms with Gasteiger partial charge in [-0.3, -0.25) is 0 Å². The second-order valence-corrected chi connectivity index (χ2v) is 3.00. The van der Waals surface area contributed by atoms with Crippen LogP contribution < -0.4 is 20.9 Å². The maximum absolute atomic E-state index is 11.5. The molecule has 16 heavy (non-hydrogen) atoms. The fourth-order valence-electron chi connectivity index (χ4n) is 1.19. The Hall–Kier alpha value is -1.79. The molecule has 0 atom stereocenters. The summed E-state index contributed by atoms with van der Waals surface area (Å²) in [7, 11) is 1.50. The highest BCUT2D eigenvalue weighted by atomic mass is 16.5. The summed E-state index contributed by atoms with van der Waals surface area (Å²) >= 11 is 0. The summed E-state index contributed by atoms with van der Waals surface area (Å²) in [6.07, 6.45) is 0. The Morgan fingerprint density at radius 2 is 2.25 bits per heavy atom. The van der Waals surface area contributed by atoms with Crippen molar-refractivity contribution in [1.82, 2.24) is 5.32 Å². The van der Waals surface area contributed by atoms with E-state index in [1.54, 1.807) is 24.3 Å². The Morgan fingerprint density at radius 3 is 2.88 bits per heavy atom. The van der Waals surface area contributed by atoms with E-state index in [1.807, 2.05) is 0 Å². The van der Waals surface area contributed by atoms with Crippen molar-refractivity contribution in [2.24, 2.45) is 5.84 Å². The Balaban J connectivity index is 2.78. The standard InChI is InChI=1S/C10H15N3O3/c1-16-9-5-3-2-4-8(9)13(11)10(15)12-6-7-14/h2-5,14H,6-7,11H2,1H3,(H,12,15). The van der Waals surface area contributed by atoms with Crippen LogP contribution in [0.15, 0.2) is 24.3 Å². The summed E-state index contributed by atoms with van der Waals surface area (Å²) in [6, 6.07) is 6.39. The second-order valence-electron chi connectivity index (χ2n) is 3.00. The molecule has 0 saturated carbocycles. The zero-order valence-electron chi connectivity index (χ0n) is 9.01. The van der Waals surface area contributed by atoms with Gasteiger partial charge in [0, 0.05) is 6.54 Å². The number of amides is 2. The third kappa shape index (κ3) is 2.85. The fraction of sp³-hybridized carbons (Fsp3) is 0.300. The molecule has 88 valence electrons. The van der Waals surface area contributed by atoms with Gasteiger partial charge < -0.3 is 15.2 Å². The predicted octanol–water partition coefficient (Wildman–Crippen LogP) is 0.0772. The van der Waals surface area contributed by atoms with Gasteiger partial charge in [-0.1, -0.05) is 12.1 Å². The number of urea groups is 1. The number of rotatable bonds is 4. The number of anilines is 1. The molecule has 6 heteroatoms. The molecular formula is C10H15N3O3. The van der Waals surface area contributed by atoms with Crippen LogP contribution in [-0.2, 0) is 0 Å². The summed E-state index contributed by atoms with van der Waals surface area (Å²) in [5, 5.41) is 11.9. The summed E-state index contributed by atoms with van der Waals surface area (Å²) in [5.41, 5.74) is 0.459. The van der Waals surface area contributed by atoms with Crippen LogP contribution in [0.25, 0.3) is 0 Å². The van der Waals surface area contributed by atoms with E-state index in [0.717, 1.165) is 5.01 Å². The summed E-state index contributed by atoms with van der Waals surface area (Å²) in [6.45, 7) is 0.0210. The molecule has 0 aliphatic rings. The number of aliphatic hydroxyl groups excluding tert-OH is 1. The van der Waals surface area contributed by atoms with Crippen molar-refractivity contribution >= 4 is 11.7 Å². The fourth-order valence-corrected chi connectivity index (χ4v) is 1.19. The van der Waals surface area contributed by atoms with Crippen LogP contribution in [0.3, 0.4) is 0 Å². The van der Waals surface area contributed by atoms with Crippen molar-refractivity contribution in [2.75, 3.05) is 25.3 Å². The second kappa shape index (κ2) is 5.94. The first kappa shape index (κ1) is 12.3. The topological polar surface area (TPSA) is 87.8 Å². The average molecular weight is 225 g/mol. The maximum Gasteiger partial charge on any atom is 0.336 e. The number of hydrazine groups is 1. The van der Waals surface area contributed by atoms with Crippen LogP contribution in [0.5, 0.6) is 5.75 Å². The number of nitrogens with one attached hydrogen (secondary N) is 1. The van der Waals surface area contributed by atoms with E-state index in [2.05, 4.69) is 5.32 Å². The van der Waals surface area contributed by atoms with Crippen molar-refractivity contribution in [1.29, 1.82) is 0 Å². The zero-order chi connectivity index (χ0) is 12.0. The molecule has 1 rings (SSSR count). The number of aliphatic hydroxyl groups is 1. The number of nitrogens with zero attached hydrogens (tertiary/aromatic N) is 1. The first-order valence-corrected chi connectivity index (χ1v) is 4.77. The van der Waals surface area contributed by atoms with Crippen LogP contribution in [0, 0.1) is 0 Å². The van der Waals surface area contributed by atoms with E-state index in [-0.39, 0.29) is 13.2 Å². The predicted molar refractivity (Wildman–Crippen MR) is 60.1 cm³/mol. The third-order valence-corrected chi connectivity index (χ3v) is 1.95. The number of hydrogen-bond acceptors (Lipinski definition) is 4. The van der Waals surface area contributed by atoms with E-state index in [9.17, 15) is 4.79 Å². The largest absolute Gasteiger partial charge is 0.495 e. The molecule has 0 heterocycles. The highest BCUT2D eigenvalue weighted by Crippen LogP contribution is 2.25. The lowest BCUT2D eigenvalue weighted by molar-refractivity contribution is 0.239. The monoisotopic (exact) mass is 225 g/mol. The van der Waals surface area contributed by atoms with Crippen LogP contribution in [0.4, 0.5) is 10.5 Å². The number of ether oxygens (including phenoxy) is 1. The molecule has 1 aromatic carbocycles. The molecule has 0 radical (unpaired) electrons. The molecule has 4 N–H and O–H groups in total. The van der Waals surface area contributed by atoms with E-state index >= 15 is 0 Å². The smallest absolute Gasteiger partial charge is 0.336 e. The van der Waals surface area contributed by atoms with Gasteiger partial charge in [-0.25, -0.2) is 15.6 Å². The Morgan fingerprint density at radius 1 is 1.56 bits per heavy atom. The van der Waals surface area contributed by atoms with Gasteiger partial charge in [-0.15, -0.1) is 0 Å². The highest BCUT2D eigenvalue weighted by Gasteiger charge is 2.14. The third-order valence-electron chi connectivity index (χ3n) is 1.95. The van der Waals surface area contributed by atoms with Crippen molar-refractivity contribution in [3.05, 3.63) is 24.3 Å². The SMILES string of the molecule is COc1ccccc1N(N)C(=O)NCCO. The minimum atomic E-state index is -0.501. The molecule has 0 spiro atoms. The van der Waals surface area contributed by atoms with Crippen molar-refractivity contribution in [2.45, 2.75) is 0 Å². The Bertz CT molecular complexity index is 357. The van der Waals surface area contributed by atoms with Gasteiger partial charge in [0.15, 0.2) is 0 Å². The van der Waals surface area contributed by atoms with Crippen LogP contribution in [-0.4, -0.2) is 31.4 Å². The van der Waals surface area contributed by atoms with Crippen LogP contribution >= 0.6 is 0 Å². The quantitative estimate of drug-likeness (QED) is 0.384. The molecule has 1 aromatic rings. The highest BCUT2D eigenvalue weighted by molar-refractivity contribution is 5.92. The molecule has 0 aromatic heterocycles. The number of nitrogens with two attached hydrogens (primary N) is 1. The number of carbonyl (C=O) groups excluding carboxylic acids is 1. The number of methoxy groups -OCH3 is 1. The summed E-state index contributed by atoms with van der Waals surface area (Å²) < 4.78 is 5.07. The molecule has 0 aliphatic heterocycles. The van der Waals surface area contributed by atoms with Gasteiger partial charge in [0.1, 0.15) is 11.4 Å². The van der Waals surface area contributed by atoms with Crippen LogP contribution in [0.1, 0.15) is 0 Å². The van der Waals surface area contributed by atoms with E-state index < -0.39 is 6.03 Å². The van der Waals surface area contributed by atoms with Gasteiger partial charge in [0.2, 0.25) is 0 Å². The number of para-hydroxylation sites is 2. The molecule has 0 fully saturated rings. The van der Waals surface area contributed by atoms with Gasteiger partial charge >= 0.3 is 6.03 Å². The normalized spacial score (nSPS) is 9.69. The molecule has 6 nitrogen and oxygen atoms in total. The molecular weight excluding hydrogens is 210 g/mol. The molecule has 0 aliphatic carbocycles. The van der Waals surface area contributed by atoms with E-state index in [4.69, 9.17) is 15.7 Å². The Kier molecular flexibility index (Phi) is 4.56. The number of hydrogen-bond donors (Lipinski definition) is 3. The molecule has 0 unspecified atom stereocenters. The summed E-state index contributed by atoms with van der Waals surface area (Å²) in [4.78, 5) is 11.5. The van der Waals surface area contributed by atoms with Gasteiger partial charge in [-0.05, 0) is 12.1 Å². The lowest BCUT2D eigenvalue weighted by Gasteiger charge is -2.19. The maximum atomic E-state index is 11.5. The lowest BCUT2D eigenvalue weighted by atomic mass is 10.3. The van der Waals surface area contributed by atoms with Crippen LogP contribution in [0.2, 0.25) is 0 Å². The first-order valence-electron chi connectivity index (χ1n) is 4.77. The van der Waals surface area contributed by atoms with E-state index in [0.29, 0.717) is 11.4 Å². The average Bonchev–Trinajstić information content (AvgIpc) is 2.34. The van der Waals surface area contributed by atoms with Crippen molar-refractivity contribution in [3.63, 3.8) is 0 Å². The molecule has 2 amide bonds. The molecule has 0 saturated heterocycles. The molecule has 0 bridgehead atoms. The van der Waals surface area contributed by atoms with Gasteiger partial charge in [0.25, 0.3) is 0 Å². The zero-order valence-corrected chi connectivity index (χ0v) is 9.01. The van der Waals surface area contributed by atoms with Crippen molar-refractivity contribution < 1.29 is 14.6 Å². The van der Waals surface area contributed by atoms with Gasteiger partial charge in [-0.2, -0.15) is 0 Å². The van der Waals surface area contributed by atoms with Gasteiger partial charge in [0.05, 0.1) is 13.7 Å². The minimum Gasteiger partial charge on any atom is -0.495 e. The Labute approximate surface area is 93.6 Å². The minimum absolute atomic E-state index is 0.133. The van der Waals surface area contributed by atoms with E-state index in [1.165, 1.54) is 7.11 Å². The lowest BCUT2D eigenvalue weighted by Crippen LogP contribution is -2.45. The first-order chi connectivity index (χ1) is 7.70. The number of benzene rings is 1. The van der Waals surface area contributed by atoms with Crippen molar-refractivity contribution in [3.8, 4) is 5.75 Å². The number of carbonyl (C=O) groups is 1. The summed E-state index contributed by atoms with van der Waals surface area (Å²) in [5.74, 6) is 6.12.